The van der Waals surface area contributed by atoms with E-state index in [2.05, 4.69) is 42.5 Å². The van der Waals surface area contributed by atoms with Crippen LogP contribution in [-0.2, 0) is 44.8 Å². The number of rotatable bonds is 27. The molecule has 61 heavy (non-hydrogen) atoms. The van der Waals surface area contributed by atoms with Gasteiger partial charge in [-0.2, -0.15) is 11.8 Å². The number of hydrogen-bond donors (Lipinski definition) is 11. The average molecular weight is 875 g/mol. The van der Waals surface area contributed by atoms with Crippen molar-refractivity contribution in [3.63, 3.8) is 0 Å². The third kappa shape index (κ3) is 18.4. The molecule has 2 aliphatic rings. The van der Waals surface area contributed by atoms with Gasteiger partial charge in [-0.15, -0.1) is 0 Å². The number of benzene rings is 1. The molecule has 10 amide bonds. The van der Waals surface area contributed by atoms with Crippen LogP contribution in [0.3, 0.4) is 0 Å². The van der Waals surface area contributed by atoms with Crippen molar-refractivity contribution < 1.29 is 48.4 Å². The number of hydroxylamine groups is 1. The lowest BCUT2D eigenvalue weighted by Gasteiger charge is -2.23. The molecule has 20 nitrogen and oxygen atoms in total. The van der Waals surface area contributed by atoms with Crippen molar-refractivity contribution in [1.82, 2.24) is 48.0 Å². The van der Waals surface area contributed by atoms with Gasteiger partial charge in [-0.1, -0.05) is 50.6 Å². The lowest BCUT2D eigenvalue weighted by Crippen LogP contribution is -2.55. The summed E-state index contributed by atoms with van der Waals surface area (Å²) in [5.41, 5.74) is 7.69. The molecule has 1 aromatic rings. The van der Waals surface area contributed by atoms with Crippen LogP contribution in [0.1, 0.15) is 84.1 Å². The van der Waals surface area contributed by atoms with Crippen molar-refractivity contribution in [1.29, 1.82) is 0 Å². The Hall–Kier alpha value is -5.44. The molecule has 0 radical (unpaired) electrons. The molecule has 0 bridgehead atoms. The molecule has 1 unspecified atom stereocenters. The first-order chi connectivity index (χ1) is 29.1. The number of hydrogen-bond acceptors (Lipinski definition) is 11. The van der Waals surface area contributed by atoms with Crippen molar-refractivity contribution in [3.05, 3.63) is 35.9 Å². The highest BCUT2D eigenvalue weighted by atomic mass is 32.2. The first kappa shape index (κ1) is 49.9. The minimum absolute atomic E-state index is 0.0350. The molecule has 2 saturated heterocycles. The molecule has 338 valence electrons. The van der Waals surface area contributed by atoms with Crippen LogP contribution in [0.5, 0.6) is 0 Å². The number of nitrogens with two attached hydrogens (primary N) is 1. The van der Waals surface area contributed by atoms with Crippen molar-refractivity contribution >= 4 is 65.1 Å². The Morgan fingerprint density at radius 3 is 2.20 bits per heavy atom. The molecule has 3 rings (SSSR count). The van der Waals surface area contributed by atoms with E-state index in [1.165, 1.54) is 12.4 Å². The van der Waals surface area contributed by atoms with Crippen LogP contribution < -0.4 is 53.7 Å². The van der Waals surface area contributed by atoms with Gasteiger partial charge in [0.2, 0.25) is 47.3 Å². The van der Waals surface area contributed by atoms with Gasteiger partial charge in [-0.3, -0.25) is 43.6 Å². The zero-order chi connectivity index (χ0) is 44.9. The number of nitrogens with one attached hydrogen (secondary N) is 9. The third-order valence-corrected chi connectivity index (χ3v) is 11.7. The Morgan fingerprint density at radius 1 is 0.787 bits per heavy atom. The molecule has 2 aliphatic heterocycles. The summed E-state index contributed by atoms with van der Waals surface area (Å²) in [6.07, 6.45) is 4.19. The fourth-order valence-corrected chi connectivity index (χ4v) is 8.54. The number of urea groups is 1. The monoisotopic (exact) mass is 874 g/mol. The summed E-state index contributed by atoms with van der Waals surface area (Å²) in [6, 6.07) is 5.67. The van der Waals surface area contributed by atoms with Gasteiger partial charge in [0, 0.05) is 42.7 Å². The van der Waals surface area contributed by atoms with Gasteiger partial charge in [-0.25, -0.2) is 10.3 Å². The quantitative estimate of drug-likeness (QED) is 0.0220. The van der Waals surface area contributed by atoms with Crippen LogP contribution in [0.25, 0.3) is 0 Å². The standard InChI is InChI=1S/C40H62N10O10S/c1-23(2)17-26(19-32(52)50-60)38(57)45-24(3)37(56)47-28(18-25-11-5-4-6-12-25)39(58)44-20-33(53)43-21-34(54)46-27(36(41)55)13-9-10-16-42-31(51)15-8-7-14-30-35-29(22-61-30)48-40(59)49-35/h4-6,11-12,23-24,26-30,35,60H,7-10,13-22H2,1-3H3,(H2,41,55)(H,42,51)(H,43,53)(H,44,58)(H,45,57)(H,46,54)(H,47,56)(H,50,52)(H2,48,49,59)/t24-,26?,27-,28-,29-,30-,35-/m0/s1. The molecule has 21 heteroatoms. The van der Waals surface area contributed by atoms with E-state index in [9.17, 15) is 43.2 Å². The molecule has 2 heterocycles. The van der Waals surface area contributed by atoms with Crippen molar-refractivity contribution in [2.75, 3.05) is 25.4 Å². The van der Waals surface area contributed by atoms with E-state index in [0.29, 0.717) is 43.0 Å². The van der Waals surface area contributed by atoms with Crippen LogP contribution in [0, 0.1) is 11.8 Å². The summed E-state index contributed by atoms with van der Waals surface area (Å²) in [7, 11) is 0. The van der Waals surface area contributed by atoms with E-state index >= 15 is 0 Å². The Bertz CT molecular complexity index is 1690. The molecule has 0 aliphatic carbocycles. The molecule has 0 saturated carbocycles. The summed E-state index contributed by atoms with van der Waals surface area (Å²) in [6.45, 7) is 4.45. The van der Waals surface area contributed by atoms with Gasteiger partial charge >= 0.3 is 6.03 Å². The van der Waals surface area contributed by atoms with E-state index in [4.69, 9.17) is 10.9 Å². The van der Waals surface area contributed by atoms with Crippen molar-refractivity contribution in [2.24, 2.45) is 17.6 Å². The van der Waals surface area contributed by atoms with Gasteiger partial charge in [0.15, 0.2) is 0 Å². The van der Waals surface area contributed by atoms with Crippen molar-refractivity contribution in [3.8, 4) is 0 Å². The Kier molecular flexibility index (Phi) is 21.3. The van der Waals surface area contributed by atoms with Gasteiger partial charge in [0.05, 0.1) is 25.2 Å². The molecular weight excluding hydrogens is 813 g/mol. The second kappa shape index (κ2) is 26.0. The number of thioether (sulfide) groups is 1. The molecular formula is C40H62N10O10S. The number of fused-ring (bicyclic) bond motifs is 1. The largest absolute Gasteiger partial charge is 0.368 e. The first-order valence-corrected chi connectivity index (χ1v) is 21.8. The van der Waals surface area contributed by atoms with E-state index in [-0.39, 0.29) is 49.2 Å². The third-order valence-electron chi connectivity index (χ3n) is 10.2. The smallest absolute Gasteiger partial charge is 0.315 e. The maximum absolute atomic E-state index is 13.3. The SMILES string of the molecule is CC(C)CC(CC(=O)NO)C(=O)N[C@@H](C)C(=O)N[C@@H](Cc1ccccc1)C(=O)NCC(=O)NCC(=O)N[C@@H](CCCCNC(=O)CCCC[C@@H]1SC[C@@H]2NC(=O)N[C@@H]21)C(N)=O. The van der Waals surface area contributed by atoms with Gasteiger partial charge < -0.3 is 48.3 Å². The lowest BCUT2D eigenvalue weighted by molar-refractivity contribution is -0.137. The zero-order valence-corrected chi connectivity index (χ0v) is 35.8. The fourth-order valence-electron chi connectivity index (χ4n) is 7.00. The summed E-state index contributed by atoms with van der Waals surface area (Å²) in [5.74, 6) is -4.90. The van der Waals surface area contributed by atoms with Crippen molar-refractivity contribution in [2.45, 2.75) is 120 Å². The summed E-state index contributed by atoms with van der Waals surface area (Å²) in [5, 5.41) is 30.5. The maximum Gasteiger partial charge on any atom is 0.315 e. The fraction of sp³-hybridized carbons (Fsp3) is 0.625. The Labute approximate surface area is 359 Å². The molecule has 2 fully saturated rings. The van der Waals surface area contributed by atoms with E-state index in [1.54, 1.807) is 30.3 Å². The highest BCUT2D eigenvalue weighted by Crippen LogP contribution is 2.33. The summed E-state index contributed by atoms with van der Waals surface area (Å²) in [4.78, 5) is 112. The number of primary amides is 1. The van der Waals surface area contributed by atoms with E-state index in [1.807, 2.05) is 25.6 Å². The molecule has 7 atom stereocenters. The first-order valence-electron chi connectivity index (χ1n) is 20.7. The molecule has 1 aromatic carbocycles. The number of amides is 10. The minimum Gasteiger partial charge on any atom is -0.368 e. The summed E-state index contributed by atoms with van der Waals surface area (Å²) >= 11 is 1.84. The van der Waals surface area contributed by atoms with E-state index in [0.717, 1.165) is 25.0 Å². The Balaban J connectivity index is 1.37. The van der Waals surface area contributed by atoms with Gasteiger partial charge in [0.25, 0.3) is 0 Å². The van der Waals surface area contributed by atoms with Crippen LogP contribution >= 0.6 is 11.8 Å². The molecule has 0 spiro atoms. The number of carbonyl (C=O) groups excluding carboxylic acids is 9. The second-order valence-corrected chi connectivity index (χ2v) is 17.0. The van der Waals surface area contributed by atoms with Gasteiger partial charge in [0.1, 0.15) is 18.1 Å². The lowest BCUT2D eigenvalue weighted by atomic mass is 9.93. The predicted octanol–water partition coefficient (Wildman–Crippen LogP) is -1.01. The van der Waals surface area contributed by atoms with Crippen LogP contribution in [0.4, 0.5) is 4.79 Å². The number of carbonyl (C=O) groups is 9. The highest BCUT2D eigenvalue weighted by Gasteiger charge is 2.42. The topological polar surface area (TPSA) is 308 Å². The van der Waals surface area contributed by atoms with Gasteiger partial charge in [-0.05, 0) is 56.9 Å². The normalized spacial score (nSPS) is 18.5. The predicted molar refractivity (Wildman–Crippen MR) is 225 cm³/mol. The van der Waals surface area contributed by atoms with E-state index < -0.39 is 78.5 Å². The van der Waals surface area contributed by atoms with Crippen LogP contribution in [0.15, 0.2) is 30.3 Å². The maximum atomic E-state index is 13.3. The Morgan fingerprint density at radius 2 is 1.51 bits per heavy atom. The minimum atomic E-state index is -1.17. The molecule has 12 N–H and O–H groups in total. The zero-order valence-electron chi connectivity index (χ0n) is 35.0. The summed E-state index contributed by atoms with van der Waals surface area (Å²) < 4.78 is 0. The highest BCUT2D eigenvalue weighted by molar-refractivity contribution is 8.00. The average Bonchev–Trinajstić information content (AvgIpc) is 3.78. The molecule has 0 aromatic heterocycles. The number of unbranched alkanes of at least 4 members (excludes halogenated alkanes) is 2. The van der Waals surface area contributed by atoms with Crippen LogP contribution in [0.2, 0.25) is 0 Å². The van der Waals surface area contributed by atoms with Crippen LogP contribution in [-0.4, -0.2) is 119 Å². The second-order valence-electron chi connectivity index (χ2n) is 15.8.